The van der Waals surface area contributed by atoms with Crippen molar-refractivity contribution >= 4 is 15.8 Å². The van der Waals surface area contributed by atoms with E-state index in [2.05, 4.69) is 20.2 Å². The highest BCUT2D eigenvalue weighted by molar-refractivity contribution is 7.88. The summed E-state index contributed by atoms with van der Waals surface area (Å²) in [5.74, 6) is 0.818. The molecule has 3 rings (SSSR count). The van der Waals surface area contributed by atoms with E-state index in [1.165, 1.54) is 23.4 Å². The first-order valence-electron chi connectivity index (χ1n) is 7.27. The molecule has 7 nitrogen and oxygen atoms in total. The van der Waals surface area contributed by atoms with Crippen molar-refractivity contribution in [2.24, 2.45) is 0 Å². The van der Waals surface area contributed by atoms with E-state index in [9.17, 15) is 8.42 Å². The van der Waals surface area contributed by atoms with E-state index in [0.717, 1.165) is 18.1 Å². The van der Waals surface area contributed by atoms with Gasteiger partial charge in [0.15, 0.2) is 0 Å². The average molecular weight is 311 g/mol. The molecule has 1 saturated heterocycles. The number of aromatic nitrogens is 2. The average Bonchev–Trinajstić information content (AvgIpc) is 3.29. The summed E-state index contributed by atoms with van der Waals surface area (Å²) in [6.45, 7) is 3.08. The summed E-state index contributed by atoms with van der Waals surface area (Å²) in [6, 6.07) is 0.663. The number of nitrogens with zero attached hydrogens (tertiary/aromatic N) is 4. The molecule has 0 unspecified atom stereocenters. The molecule has 0 atom stereocenters. The number of hydrogen-bond donors (Lipinski definition) is 1. The summed E-state index contributed by atoms with van der Waals surface area (Å²) < 4.78 is 24.5. The Morgan fingerprint density at radius 3 is 2.43 bits per heavy atom. The molecule has 1 aliphatic heterocycles. The quantitative estimate of drug-likeness (QED) is 0.812. The molecular weight excluding hydrogens is 290 g/mol. The summed E-state index contributed by atoms with van der Waals surface area (Å²) in [5, 5.41) is 3.40. The lowest BCUT2D eigenvalue weighted by Gasteiger charge is -2.33. The predicted molar refractivity (Wildman–Crippen MR) is 80.5 cm³/mol. The van der Waals surface area contributed by atoms with Crippen LogP contribution in [0.25, 0.3) is 0 Å². The molecule has 2 heterocycles. The van der Waals surface area contributed by atoms with Gasteiger partial charge in [-0.3, -0.25) is 4.98 Å². The Hall–Kier alpha value is -1.25. The minimum atomic E-state index is -3.09. The summed E-state index contributed by atoms with van der Waals surface area (Å²) in [7, 11) is -3.09. The molecule has 1 N–H and O–H groups in total. The molecule has 8 heteroatoms. The van der Waals surface area contributed by atoms with E-state index in [1.54, 1.807) is 12.4 Å². The van der Waals surface area contributed by atoms with E-state index in [0.29, 0.717) is 32.2 Å². The van der Waals surface area contributed by atoms with Gasteiger partial charge in [-0.1, -0.05) is 0 Å². The van der Waals surface area contributed by atoms with Gasteiger partial charge in [0.2, 0.25) is 10.0 Å². The van der Waals surface area contributed by atoms with Crippen LogP contribution in [-0.4, -0.2) is 61.2 Å². The molecule has 1 aromatic rings. The van der Waals surface area contributed by atoms with Crippen LogP contribution in [0.4, 0.5) is 5.82 Å². The molecule has 1 saturated carbocycles. The summed E-state index contributed by atoms with van der Waals surface area (Å²) in [4.78, 5) is 10.9. The summed E-state index contributed by atoms with van der Waals surface area (Å²) >= 11 is 0. The van der Waals surface area contributed by atoms with Crippen molar-refractivity contribution in [3.63, 3.8) is 0 Å². The third kappa shape index (κ3) is 3.90. The van der Waals surface area contributed by atoms with Crippen LogP contribution in [0.1, 0.15) is 18.5 Å². The highest BCUT2D eigenvalue weighted by Crippen LogP contribution is 2.19. The largest absolute Gasteiger partial charge is 0.353 e. The van der Waals surface area contributed by atoms with Gasteiger partial charge >= 0.3 is 0 Å². The molecule has 2 aliphatic rings. The maximum atomic E-state index is 11.5. The van der Waals surface area contributed by atoms with Crippen LogP contribution in [0.15, 0.2) is 12.4 Å². The Morgan fingerprint density at radius 2 is 1.90 bits per heavy atom. The van der Waals surface area contributed by atoms with Crippen molar-refractivity contribution in [2.45, 2.75) is 25.4 Å². The van der Waals surface area contributed by atoms with Crippen molar-refractivity contribution in [3.05, 3.63) is 18.1 Å². The number of anilines is 1. The smallest absolute Gasteiger partial charge is 0.211 e. The van der Waals surface area contributed by atoms with Gasteiger partial charge < -0.3 is 10.2 Å². The van der Waals surface area contributed by atoms with Crippen molar-refractivity contribution < 1.29 is 8.42 Å². The van der Waals surface area contributed by atoms with E-state index >= 15 is 0 Å². The zero-order chi connectivity index (χ0) is 14.9. The Morgan fingerprint density at radius 1 is 1.19 bits per heavy atom. The molecule has 2 fully saturated rings. The Kier molecular flexibility index (Phi) is 4.10. The number of hydrogen-bond acceptors (Lipinski definition) is 6. The fourth-order valence-corrected chi connectivity index (χ4v) is 3.21. The number of rotatable bonds is 5. The molecule has 1 aromatic heterocycles. The number of nitrogens with one attached hydrogen (secondary N) is 1. The fourth-order valence-electron chi connectivity index (χ4n) is 2.39. The first kappa shape index (κ1) is 14.7. The molecule has 0 radical (unpaired) electrons. The molecule has 116 valence electrons. The monoisotopic (exact) mass is 311 g/mol. The Balaban J connectivity index is 1.55. The maximum Gasteiger partial charge on any atom is 0.211 e. The third-order valence-electron chi connectivity index (χ3n) is 3.87. The van der Waals surface area contributed by atoms with Crippen LogP contribution >= 0.6 is 0 Å². The van der Waals surface area contributed by atoms with Crippen molar-refractivity contribution in [1.82, 2.24) is 19.6 Å². The van der Waals surface area contributed by atoms with Crippen LogP contribution in [-0.2, 0) is 16.6 Å². The second-order valence-corrected chi connectivity index (χ2v) is 7.65. The van der Waals surface area contributed by atoms with Gasteiger partial charge in [0, 0.05) is 38.8 Å². The zero-order valence-corrected chi connectivity index (χ0v) is 13.0. The SMILES string of the molecule is CS(=O)(=O)N1CCN(c2cnc(CNC3CC3)cn2)CC1. The van der Waals surface area contributed by atoms with Gasteiger partial charge in [-0.15, -0.1) is 0 Å². The van der Waals surface area contributed by atoms with Crippen LogP contribution in [0.3, 0.4) is 0 Å². The summed E-state index contributed by atoms with van der Waals surface area (Å²) in [6.07, 6.45) is 7.35. The van der Waals surface area contributed by atoms with E-state index < -0.39 is 10.0 Å². The Bertz CT molecular complexity index is 577. The lowest BCUT2D eigenvalue weighted by molar-refractivity contribution is 0.387. The van der Waals surface area contributed by atoms with Gasteiger partial charge in [0.25, 0.3) is 0 Å². The van der Waals surface area contributed by atoms with Crippen LogP contribution < -0.4 is 10.2 Å². The lowest BCUT2D eigenvalue weighted by atomic mass is 10.3. The molecule has 0 bridgehead atoms. The molecule has 21 heavy (non-hydrogen) atoms. The van der Waals surface area contributed by atoms with Gasteiger partial charge in [-0.25, -0.2) is 13.4 Å². The summed E-state index contributed by atoms with van der Waals surface area (Å²) in [5.41, 5.74) is 0.945. The number of piperazine rings is 1. The predicted octanol–water partition coefficient (Wildman–Crippen LogP) is -0.190. The minimum absolute atomic E-state index is 0.505. The third-order valence-corrected chi connectivity index (χ3v) is 5.18. The van der Waals surface area contributed by atoms with Crippen LogP contribution in [0.2, 0.25) is 0 Å². The molecule has 0 aromatic carbocycles. The minimum Gasteiger partial charge on any atom is -0.353 e. The zero-order valence-electron chi connectivity index (χ0n) is 12.2. The van der Waals surface area contributed by atoms with Crippen LogP contribution in [0, 0.1) is 0 Å². The second-order valence-electron chi connectivity index (χ2n) is 5.67. The maximum absolute atomic E-state index is 11.5. The van der Waals surface area contributed by atoms with Gasteiger partial charge in [0.05, 0.1) is 24.3 Å². The lowest BCUT2D eigenvalue weighted by Crippen LogP contribution is -2.48. The van der Waals surface area contributed by atoms with Gasteiger partial charge in [-0.2, -0.15) is 4.31 Å². The standard InChI is InChI=1S/C13H21N5O2S/c1-21(19,20)18-6-4-17(5-7-18)13-10-15-12(9-16-13)8-14-11-2-3-11/h9-11,14H,2-8H2,1H3. The van der Waals surface area contributed by atoms with Gasteiger partial charge in [-0.05, 0) is 12.8 Å². The highest BCUT2D eigenvalue weighted by atomic mass is 32.2. The van der Waals surface area contributed by atoms with Crippen molar-refractivity contribution in [1.29, 1.82) is 0 Å². The Labute approximate surface area is 125 Å². The second kappa shape index (κ2) is 5.86. The first-order chi connectivity index (χ1) is 10.0. The highest BCUT2D eigenvalue weighted by Gasteiger charge is 2.24. The number of sulfonamides is 1. The molecule has 0 spiro atoms. The fraction of sp³-hybridized carbons (Fsp3) is 0.692. The normalized spacial score (nSPS) is 20.7. The van der Waals surface area contributed by atoms with E-state index in [1.807, 2.05) is 0 Å². The van der Waals surface area contributed by atoms with Gasteiger partial charge in [0.1, 0.15) is 5.82 Å². The first-order valence-corrected chi connectivity index (χ1v) is 9.11. The van der Waals surface area contributed by atoms with Crippen molar-refractivity contribution in [3.8, 4) is 0 Å². The van der Waals surface area contributed by atoms with E-state index in [4.69, 9.17) is 0 Å². The molecule has 0 amide bonds. The molecule has 1 aliphatic carbocycles. The molecular formula is C13H21N5O2S. The van der Waals surface area contributed by atoms with Crippen molar-refractivity contribution in [2.75, 3.05) is 37.3 Å². The van der Waals surface area contributed by atoms with Crippen LogP contribution in [0.5, 0.6) is 0 Å². The van der Waals surface area contributed by atoms with E-state index in [-0.39, 0.29) is 0 Å². The topological polar surface area (TPSA) is 78.4 Å².